The van der Waals surface area contributed by atoms with Gasteiger partial charge >= 0.3 is 6.09 Å². The molecule has 1 rings (SSSR count). The SMILES string of the molecule is CCCC1CCN(C(=O)OC(C)C)C1. The van der Waals surface area contributed by atoms with Gasteiger partial charge in [0.25, 0.3) is 0 Å². The summed E-state index contributed by atoms with van der Waals surface area (Å²) in [6.45, 7) is 7.72. The van der Waals surface area contributed by atoms with E-state index in [9.17, 15) is 4.79 Å². The van der Waals surface area contributed by atoms with Crippen LogP contribution in [-0.2, 0) is 4.74 Å². The van der Waals surface area contributed by atoms with Gasteiger partial charge in [-0.15, -0.1) is 0 Å². The molecule has 82 valence electrons. The molecule has 0 spiro atoms. The zero-order chi connectivity index (χ0) is 10.6. The number of nitrogens with zero attached hydrogens (tertiary/aromatic N) is 1. The molecule has 1 unspecified atom stereocenters. The molecule has 0 aromatic heterocycles. The highest BCUT2D eigenvalue weighted by Crippen LogP contribution is 2.21. The van der Waals surface area contributed by atoms with Gasteiger partial charge in [-0.05, 0) is 32.6 Å². The Morgan fingerprint density at radius 1 is 1.57 bits per heavy atom. The highest BCUT2D eigenvalue weighted by molar-refractivity contribution is 5.68. The van der Waals surface area contributed by atoms with E-state index >= 15 is 0 Å². The van der Waals surface area contributed by atoms with Crippen molar-refractivity contribution >= 4 is 6.09 Å². The third-order valence-electron chi connectivity index (χ3n) is 2.58. The summed E-state index contributed by atoms with van der Waals surface area (Å²) in [6.07, 6.45) is 3.43. The molecule has 0 saturated carbocycles. The predicted octanol–water partition coefficient (Wildman–Crippen LogP) is 2.65. The number of carbonyl (C=O) groups excluding carboxylic acids is 1. The fourth-order valence-electron chi connectivity index (χ4n) is 1.92. The van der Waals surface area contributed by atoms with Gasteiger partial charge in [-0.25, -0.2) is 4.79 Å². The van der Waals surface area contributed by atoms with Gasteiger partial charge in [0.15, 0.2) is 0 Å². The summed E-state index contributed by atoms with van der Waals surface area (Å²) >= 11 is 0. The number of rotatable bonds is 3. The van der Waals surface area contributed by atoms with Crippen molar-refractivity contribution in [1.82, 2.24) is 4.90 Å². The molecule has 3 heteroatoms. The number of hydrogen-bond acceptors (Lipinski definition) is 2. The zero-order valence-corrected chi connectivity index (χ0v) is 9.45. The van der Waals surface area contributed by atoms with Crippen LogP contribution in [0.3, 0.4) is 0 Å². The number of likely N-dealkylation sites (tertiary alicyclic amines) is 1. The van der Waals surface area contributed by atoms with E-state index in [2.05, 4.69) is 6.92 Å². The van der Waals surface area contributed by atoms with Gasteiger partial charge in [-0.2, -0.15) is 0 Å². The van der Waals surface area contributed by atoms with E-state index in [1.165, 1.54) is 12.8 Å². The quantitative estimate of drug-likeness (QED) is 0.699. The smallest absolute Gasteiger partial charge is 0.410 e. The maximum absolute atomic E-state index is 11.5. The number of carbonyl (C=O) groups is 1. The molecule has 0 bridgehead atoms. The molecule has 1 amide bonds. The number of hydrogen-bond donors (Lipinski definition) is 0. The number of ether oxygens (including phenoxy) is 1. The Kier molecular flexibility index (Phi) is 4.23. The Morgan fingerprint density at radius 2 is 2.29 bits per heavy atom. The zero-order valence-electron chi connectivity index (χ0n) is 9.45. The molecule has 0 N–H and O–H groups in total. The second-order valence-corrected chi connectivity index (χ2v) is 4.32. The van der Waals surface area contributed by atoms with E-state index in [1.807, 2.05) is 18.7 Å². The van der Waals surface area contributed by atoms with E-state index in [0.29, 0.717) is 5.92 Å². The van der Waals surface area contributed by atoms with Crippen molar-refractivity contribution in [3.63, 3.8) is 0 Å². The maximum atomic E-state index is 11.5. The van der Waals surface area contributed by atoms with Crippen LogP contribution in [-0.4, -0.2) is 30.2 Å². The largest absolute Gasteiger partial charge is 0.447 e. The lowest BCUT2D eigenvalue weighted by atomic mass is 10.0. The molecule has 1 aliphatic rings. The van der Waals surface area contributed by atoms with Crippen molar-refractivity contribution < 1.29 is 9.53 Å². The summed E-state index contributed by atoms with van der Waals surface area (Å²) in [4.78, 5) is 13.3. The first-order chi connectivity index (χ1) is 6.63. The van der Waals surface area contributed by atoms with Crippen LogP contribution in [0.4, 0.5) is 4.79 Å². The second kappa shape index (κ2) is 5.23. The van der Waals surface area contributed by atoms with Gasteiger partial charge in [0.1, 0.15) is 0 Å². The molecular formula is C11H21NO2. The van der Waals surface area contributed by atoms with Crippen LogP contribution < -0.4 is 0 Å². The van der Waals surface area contributed by atoms with Crippen LogP contribution in [0.15, 0.2) is 0 Å². The van der Waals surface area contributed by atoms with E-state index in [4.69, 9.17) is 4.74 Å². The van der Waals surface area contributed by atoms with Crippen molar-refractivity contribution in [3.05, 3.63) is 0 Å². The Hall–Kier alpha value is -0.730. The molecule has 1 saturated heterocycles. The molecule has 3 nitrogen and oxygen atoms in total. The summed E-state index contributed by atoms with van der Waals surface area (Å²) < 4.78 is 5.15. The molecule has 1 aliphatic heterocycles. The Bertz CT molecular complexity index is 192. The minimum Gasteiger partial charge on any atom is -0.447 e. The molecule has 0 aromatic rings. The Labute approximate surface area is 86.4 Å². The lowest BCUT2D eigenvalue weighted by Gasteiger charge is -2.17. The van der Waals surface area contributed by atoms with Gasteiger partial charge in [0, 0.05) is 13.1 Å². The summed E-state index contributed by atoms with van der Waals surface area (Å²) in [5.41, 5.74) is 0. The van der Waals surface area contributed by atoms with Crippen molar-refractivity contribution in [1.29, 1.82) is 0 Å². The van der Waals surface area contributed by atoms with Crippen LogP contribution in [0, 0.1) is 5.92 Å². The van der Waals surface area contributed by atoms with E-state index in [1.54, 1.807) is 0 Å². The number of amides is 1. The van der Waals surface area contributed by atoms with E-state index < -0.39 is 0 Å². The first kappa shape index (κ1) is 11.3. The maximum Gasteiger partial charge on any atom is 0.410 e. The molecule has 1 heterocycles. The topological polar surface area (TPSA) is 29.5 Å². The van der Waals surface area contributed by atoms with Gasteiger partial charge in [-0.3, -0.25) is 0 Å². The standard InChI is InChI=1S/C11H21NO2/c1-4-5-10-6-7-12(8-10)11(13)14-9(2)3/h9-10H,4-8H2,1-3H3. The van der Waals surface area contributed by atoms with Gasteiger partial charge in [0.05, 0.1) is 6.10 Å². The van der Waals surface area contributed by atoms with Crippen LogP contribution in [0.1, 0.15) is 40.0 Å². The predicted molar refractivity (Wildman–Crippen MR) is 56.2 cm³/mol. The van der Waals surface area contributed by atoms with Crippen molar-refractivity contribution in [2.45, 2.75) is 46.1 Å². The summed E-state index contributed by atoms with van der Waals surface area (Å²) in [6, 6.07) is 0. The highest BCUT2D eigenvalue weighted by atomic mass is 16.6. The summed E-state index contributed by atoms with van der Waals surface area (Å²) in [5, 5.41) is 0. The third kappa shape index (κ3) is 3.20. The fourth-order valence-corrected chi connectivity index (χ4v) is 1.92. The van der Waals surface area contributed by atoms with Crippen LogP contribution in [0.2, 0.25) is 0 Å². The molecule has 0 aliphatic carbocycles. The molecule has 0 radical (unpaired) electrons. The first-order valence-electron chi connectivity index (χ1n) is 5.59. The van der Waals surface area contributed by atoms with Gasteiger partial charge in [0.2, 0.25) is 0 Å². The molecule has 1 atom stereocenters. The minimum atomic E-state index is -0.140. The van der Waals surface area contributed by atoms with Crippen LogP contribution in [0.25, 0.3) is 0 Å². The minimum absolute atomic E-state index is 0.00674. The molecule has 0 aromatic carbocycles. The van der Waals surface area contributed by atoms with E-state index in [-0.39, 0.29) is 12.2 Å². The highest BCUT2D eigenvalue weighted by Gasteiger charge is 2.26. The lowest BCUT2D eigenvalue weighted by molar-refractivity contribution is 0.0825. The van der Waals surface area contributed by atoms with Gasteiger partial charge in [-0.1, -0.05) is 13.3 Å². The average Bonchev–Trinajstić information content (AvgIpc) is 2.52. The lowest BCUT2D eigenvalue weighted by Crippen LogP contribution is -2.31. The van der Waals surface area contributed by atoms with Crippen molar-refractivity contribution in [2.75, 3.05) is 13.1 Å². The fraction of sp³-hybridized carbons (Fsp3) is 0.909. The monoisotopic (exact) mass is 199 g/mol. The summed E-state index contributed by atoms with van der Waals surface area (Å²) in [5.74, 6) is 0.694. The average molecular weight is 199 g/mol. The normalized spacial score (nSPS) is 21.7. The molecule has 14 heavy (non-hydrogen) atoms. The second-order valence-electron chi connectivity index (χ2n) is 4.32. The van der Waals surface area contributed by atoms with Crippen molar-refractivity contribution in [3.8, 4) is 0 Å². The van der Waals surface area contributed by atoms with Crippen LogP contribution in [0.5, 0.6) is 0 Å². The molecule has 1 fully saturated rings. The first-order valence-corrected chi connectivity index (χ1v) is 5.59. The van der Waals surface area contributed by atoms with E-state index in [0.717, 1.165) is 19.5 Å². The van der Waals surface area contributed by atoms with Crippen molar-refractivity contribution in [2.24, 2.45) is 5.92 Å². The van der Waals surface area contributed by atoms with Gasteiger partial charge < -0.3 is 9.64 Å². The Morgan fingerprint density at radius 3 is 2.86 bits per heavy atom. The Balaban J connectivity index is 2.30. The molecular weight excluding hydrogens is 178 g/mol. The summed E-state index contributed by atoms with van der Waals surface area (Å²) in [7, 11) is 0. The third-order valence-corrected chi connectivity index (χ3v) is 2.58. The van der Waals surface area contributed by atoms with Crippen LogP contribution >= 0.6 is 0 Å².